The number of allylic oxidation sites excluding steroid dienone is 3. The van der Waals surface area contributed by atoms with Gasteiger partial charge in [-0.25, -0.2) is 0 Å². The molecule has 0 saturated carbocycles. The monoisotopic (exact) mass is 518 g/mol. The summed E-state index contributed by atoms with van der Waals surface area (Å²) in [4.78, 5) is 2.00. The van der Waals surface area contributed by atoms with Crippen molar-refractivity contribution in [1.82, 2.24) is 0 Å². The molecule has 0 aromatic heterocycles. The van der Waals surface area contributed by atoms with Crippen LogP contribution >= 0.6 is 11.8 Å². The summed E-state index contributed by atoms with van der Waals surface area (Å²) in [6, 6.07) is 10.2. The van der Waals surface area contributed by atoms with Gasteiger partial charge >= 0.3 is 0 Å². The Labute approximate surface area is 226 Å². The van der Waals surface area contributed by atoms with E-state index >= 15 is 0 Å². The fraction of sp³-hybridized carbons (Fsp3) is 0.581. The highest BCUT2D eigenvalue weighted by molar-refractivity contribution is 8.07. The Balaban J connectivity index is -0.000000654. The Bertz CT molecular complexity index is 789. The highest BCUT2D eigenvalue weighted by Gasteiger charge is 2.12. The van der Waals surface area contributed by atoms with Crippen LogP contribution in [0.15, 0.2) is 40.7 Å². The van der Waals surface area contributed by atoms with Crippen LogP contribution < -0.4 is 5.73 Å². The van der Waals surface area contributed by atoms with E-state index in [9.17, 15) is 4.39 Å². The summed E-state index contributed by atoms with van der Waals surface area (Å²) in [5, 5.41) is 8.89. The fourth-order valence-corrected chi connectivity index (χ4v) is 3.75. The number of ether oxygens (including phenoxy) is 1. The lowest BCUT2D eigenvalue weighted by molar-refractivity contribution is 0.152. The number of hydrogen-bond donors (Lipinski definition) is 1. The van der Waals surface area contributed by atoms with Crippen molar-refractivity contribution < 1.29 is 9.13 Å². The van der Waals surface area contributed by atoms with Crippen LogP contribution in [0.4, 0.5) is 4.39 Å². The van der Waals surface area contributed by atoms with Gasteiger partial charge in [-0.1, -0.05) is 96.7 Å². The molecule has 36 heavy (non-hydrogen) atoms. The second-order valence-corrected chi connectivity index (χ2v) is 8.87. The first-order valence-electron chi connectivity index (χ1n) is 13.2. The van der Waals surface area contributed by atoms with Crippen molar-refractivity contribution in [2.45, 2.75) is 106 Å². The topological polar surface area (TPSA) is 59.0 Å². The van der Waals surface area contributed by atoms with Crippen molar-refractivity contribution >= 4 is 17.3 Å². The molecule has 1 saturated heterocycles. The predicted molar refractivity (Wildman–Crippen MR) is 160 cm³/mol. The van der Waals surface area contributed by atoms with Crippen LogP contribution in [0.1, 0.15) is 105 Å². The van der Waals surface area contributed by atoms with E-state index in [1.54, 1.807) is 11.8 Å². The van der Waals surface area contributed by atoms with Gasteiger partial charge in [0.2, 0.25) is 0 Å². The lowest BCUT2D eigenvalue weighted by Gasteiger charge is -2.07. The van der Waals surface area contributed by atoms with Crippen LogP contribution in [-0.2, 0) is 4.74 Å². The lowest BCUT2D eigenvalue weighted by atomic mass is 10.1. The lowest BCUT2D eigenvalue weighted by Crippen LogP contribution is -2.18. The van der Waals surface area contributed by atoms with Crippen LogP contribution in [0.25, 0.3) is 5.57 Å². The van der Waals surface area contributed by atoms with Crippen LogP contribution in [0.3, 0.4) is 0 Å². The normalized spacial score (nSPS) is 13.8. The second kappa shape index (κ2) is 27.5. The van der Waals surface area contributed by atoms with Crippen molar-refractivity contribution in [3.05, 3.63) is 51.8 Å². The van der Waals surface area contributed by atoms with Gasteiger partial charge < -0.3 is 10.5 Å². The van der Waals surface area contributed by atoms with Gasteiger partial charge in [0.05, 0.1) is 23.7 Å². The Hall–Kier alpha value is -2.05. The van der Waals surface area contributed by atoms with Crippen molar-refractivity contribution in [2.24, 2.45) is 5.73 Å². The number of hydrogen-bond acceptors (Lipinski definition) is 4. The molecule has 1 aromatic carbocycles. The van der Waals surface area contributed by atoms with Gasteiger partial charge in [-0.2, -0.15) is 5.26 Å². The molecule has 1 aromatic rings. The molecule has 1 aliphatic rings. The number of alkyl halides is 1. The number of nitriles is 1. The summed E-state index contributed by atoms with van der Waals surface area (Å²) in [6.07, 6.45) is 6.97. The van der Waals surface area contributed by atoms with Crippen LogP contribution in [0, 0.1) is 23.2 Å². The minimum atomic E-state index is 0.0505. The first kappa shape index (κ1) is 38.5. The highest BCUT2D eigenvalue weighted by atomic mass is 32.2. The number of nitrogens with zero attached hydrogens (tertiary/aromatic N) is 1. The van der Waals surface area contributed by atoms with Gasteiger partial charge in [-0.3, -0.25) is 4.39 Å². The fourth-order valence-electron chi connectivity index (χ4n) is 3.02. The third-order valence-electron chi connectivity index (χ3n) is 4.66. The molecule has 0 amide bonds. The Morgan fingerprint density at radius 2 is 1.64 bits per heavy atom. The van der Waals surface area contributed by atoms with E-state index in [1.807, 2.05) is 58.9 Å². The van der Waals surface area contributed by atoms with Gasteiger partial charge in [0.25, 0.3) is 0 Å². The summed E-state index contributed by atoms with van der Waals surface area (Å²) < 4.78 is 15.1. The zero-order chi connectivity index (χ0) is 28.4. The predicted octanol–water partition coefficient (Wildman–Crippen LogP) is 9.29. The molecule has 0 spiro atoms. The third-order valence-corrected chi connectivity index (χ3v) is 5.62. The van der Waals surface area contributed by atoms with Crippen LogP contribution in [0.2, 0.25) is 0 Å². The minimum Gasteiger partial charge on any atom is -0.366 e. The molecular weight excluding hydrogens is 467 g/mol. The molecule has 0 aliphatic carbocycles. The Morgan fingerprint density at radius 1 is 1.11 bits per heavy atom. The molecule has 1 atom stereocenters. The van der Waals surface area contributed by atoms with Gasteiger partial charge in [-0.05, 0) is 67.7 Å². The molecule has 1 fully saturated rings. The second-order valence-electron chi connectivity index (χ2n) is 7.56. The summed E-state index contributed by atoms with van der Waals surface area (Å²) >= 11 is 1.59. The van der Waals surface area contributed by atoms with Gasteiger partial charge in [0.15, 0.2) is 0 Å². The van der Waals surface area contributed by atoms with Crippen molar-refractivity contribution in [2.75, 3.05) is 13.8 Å². The number of halogens is 1. The maximum absolute atomic E-state index is 9.50. The molecule has 2 N–H and O–H groups in total. The number of thioether (sulfide) groups is 1. The van der Waals surface area contributed by atoms with E-state index in [0.717, 1.165) is 40.4 Å². The molecule has 2 rings (SSSR count). The van der Waals surface area contributed by atoms with E-state index in [1.165, 1.54) is 25.7 Å². The van der Waals surface area contributed by atoms with Crippen LogP contribution in [0.5, 0.6) is 0 Å². The van der Waals surface area contributed by atoms with Gasteiger partial charge in [-0.15, -0.1) is 0 Å². The number of benzene rings is 1. The molecule has 204 valence electrons. The summed E-state index contributed by atoms with van der Waals surface area (Å²) in [5.74, 6) is 6.48. The Kier molecular flexibility index (Phi) is 29.4. The quantitative estimate of drug-likeness (QED) is 0.365. The van der Waals surface area contributed by atoms with Crippen molar-refractivity contribution in [3.8, 4) is 17.9 Å². The summed E-state index contributed by atoms with van der Waals surface area (Å²) in [6.45, 7) is 21.2. The summed E-state index contributed by atoms with van der Waals surface area (Å²) in [7, 11) is 0.500. The third kappa shape index (κ3) is 19.2. The van der Waals surface area contributed by atoms with Gasteiger partial charge in [0, 0.05) is 12.6 Å². The first-order valence-corrected chi connectivity index (χ1v) is 14.0. The molecule has 1 aliphatic heterocycles. The molecule has 0 radical (unpaired) electrons. The van der Waals surface area contributed by atoms with E-state index in [4.69, 9.17) is 15.7 Å². The zero-order valence-electron chi connectivity index (χ0n) is 24.3. The van der Waals surface area contributed by atoms with Crippen LogP contribution in [-0.4, -0.2) is 25.9 Å². The van der Waals surface area contributed by atoms with E-state index in [2.05, 4.69) is 45.3 Å². The van der Waals surface area contributed by atoms with E-state index in [-0.39, 0.29) is 6.10 Å². The smallest absolute Gasteiger partial charge is 0.118 e. The van der Waals surface area contributed by atoms with E-state index in [0.29, 0.717) is 18.8 Å². The average Bonchev–Trinajstić information content (AvgIpc) is 3.44. The zero-order valence-corrected chi connectivity index (χ0v) is 25.2. The van der Waals surface area contributed by atoms with Crippen molar-refractivity contribution in [1.29, 1.82) is 5.26 Å². The highest BCUT2D eigenvalue weighted by Crippen LogP contribution is 2.31. The van der Waals surface area contributed by atoms with Gasteiger partial charge in [0.1, 0.15) is 6.10 Å². The number of rotatable bonds is 7. The Morgan fingerprint density at radius 3 is 2.03 bits per heavy atom. The van der Waals surface area contributed by atoms with E-state index < -0.39 is 0 Å². The molecule has 0 bridgehead atoms. The number of nitrogens with two attached hydrogens (primary N) is 1. The first-order chi connectivity index (χ1) is 17.4. The minimum absolute atomic E-state index is 0.0505. The molecule has 1 unspecified atom stereocenters. The SMILES string of the molecule is C=C(C)S/C(C#CC1CCCO1)=C(\C)c1ccc(C#N)cc1.CC.CC.CCCC(N)CCC.CF. The molecular formula is C31H51FN2OS. The largest absolute Gasteiger partial charge is 0.366 e. The maximum atomic E-state index is 9.50. The maximum Gasteiger partial charge on any atom is 0.118 e. The molecule has 1 heterocycles. The average molecular weight is 519 g/mol. The van der Waals surface area contributed by atoms with Crippen molar-refractivity contribution in [3.63, 3.8) is 0 Å². The standard InChI is InChI=1S/C19H19NOS.C7H17N.2C2H6.CH3F/c1-14(2)22-19(11-10-18-5-4-12-21-18)15(3)17-8-6-16(13-20)7-9-17;1-3-5-7(8)6-4-2;3*1-2/h6-9,18H,1,4-5,12H2,2-3H3;7H,3-6,8H2,1-2H3;2*1-2H3;1H3/b19-15+;;;;. The summed E-state index contributed by atoms with van der Waals surface area (Å²) in [5.41, 5.74) is 8.53. The molecule has 3 nitrogen and oxygen atoms in total. The molecule has 5 heteroatoms.